The largest absolute Gasteiger partial charge is 0.495 e. The highest BCUT2D eigenvalue weighted by Crippen LogP contribution is 2.33. The summed E-state index contributed by atoms with van der Waals surface area (Å²) in [4.78, 5) is 0. The fourth-order valence-electron chi connectivity index (χ4n) is 2.80. The summed E-state index contributed by atoms with van der Waals surface area (Å²) in [5.41, 5.74) is 2.57. The van der Waals surface area contributed by atoms with Gasteiger partial charge in [-0.05, 0) is 42.4 Å². The Bertz CT molecular complexity index is 465. The molecule has 118 valence electrons. The van der Waals surface area contributed by atoms with Crippen molar-refractivity contribution in [2.75, 3.05) is 19.0 Å². The van der Waals surface area contributed by atoms with Crippen LogP contribution in [0.3, 0.4) is 0 Å². The third-order valence-electron chi connectivity index (χ3n) is 4.25. The standard InChI is InChI=1S/C18H29NO2/c1-6-15-12-14(9-10-21-15)19-16-11-13(18(2,3)4)7-8-17(16)20-5/h7-8,11,14-15,19H,6,9-10,12H2,1-5H3. The minimum absolute atomic E-state index is 0.143. The van der Waals surface area contributed by atoms with Crippen LogP contribution in [-0.2, 0) is 10.2 Å². The van der Waals surface area contributed by atoms with E-state index in [-0.39, 0.29) is 5.41 Å². The van der Waals surface area contributed by atoms with Crippen LogP contribution in [0.5, 0.6) is 5.75 Å². The molecule has 1 aliphatic rings. The fourth-order valence-corrected chi connectivity index (χ4v) is 2.80. The van der Waals surface area contributed by atoms with E-state index < -0.39 is 0 Å². The third kappa shape index (κ3) is 4.13. The topological polar surface area (TPSA) is 30.5 Å². The van der Waals surface area contributed by atoms with Gasteiger partial charge >= 0.3 is 0 Å². The zero-order chi connectivity index (χ0) is 15.5. The summed E-state index contributed by atoms with van der Waals surface area (Å²) in [5, 5.41) is 3.67. The average molecular weight is 291 g/mol. The molecule has 0 saturated carbocycles. The van der Waals surface area contributed by atoms with Gasteiger partial charge in [-0.1, -0.05) is 33.8 Å². The smallest absolute Gasteiger partial charge is 0.141 e. The van der Waals surface area contributed by atoms with E-state index in [2.05, 4.69) is 51.2 Å². The summed E-state index contributed by atoms with van der Waals surface area (Å²) >= 11 is 0. The third-order valence-corrected chi connectivity index (χ3v) is 4.25. The minimum atomic E-state index is 0.143. The molecule has 0 amide bonds. The number of rotatable bonds is 4. The minimum Gasteiger partial charge on any atom is -0.495 e. The number of hydrogen-bond acceptors (Lipinski definition) is 3. The van der Waals surface area contributed by atoms with Gasteiger partial charge in [-0.25, -0.2) is 0 Å². The van der Waals surface area contributed by atoms with Crippen molar-refractivity contribution in [2.24, 2.45) is 0 Å². The van der Waals surface area contributed by atoms with E-state index in [0.717, 1.165) is 37.3 Å². The first kappa shape index (κ1) is 16.2. The van der Waals surface area contributed by atoms with Gasteiger partial charge in [0.05, 0.1) is 18.9 Å². The summed E-state index contributed by atoms with van der Waals surface area (Å²) in [6, 6.07) is 6.92. The van der Waals surface area contributed by atoms with Crippen LogP contribution in [0, 0.1) is 0 Å². The molecule has 1 aliphatic heterocycles. The molecule has 1 aromatic carbocycles. The molecule has 2 atom stereocenters. The Kier molecular flexibility index (Phi) is 5.15. The van der Waals surface area contributed by atoms with Crippen molar-refractivity contribution in [2.45, 2.75) is 64.5 Å². The molecule has 3 heteroatoms. The van der Waals surface area contributed by atoms with E-state index in [1.807, 2.05) is 0 Å². The number of ether oxygens (including phenoxy) is 2. The lowest BCUT2D eigenvalue weighted by atomic mass is 9.86. The average Bonchev–Trinajstić information content (AvgIpc) is 2.46. The van der Waals surface area contributed by atoms with Gasteiger partial charge in [-0.2, -0.15) is 0 Å². The monoisotopic (exact) mass is 291 g/mol. The van der Waals surface area contributed by atoms with Gasteiger partial charge in [0, 0.05) is 12.6 Å². The second kappa shape index (κ2) is 6.69. The van der Waals surface area contributed by atoms with Crippen molar-refractivity contribution in [1.82, 2.24) is 0 Å². The van der Waals surface area contributed by atoms with Crippen molar-refractivity contribution < 1.29 is 9.47 Å². The summed E-state index contributed by atoms with van der Waals surface area (Å²) in [5.74, 6) is 0.919. The number of methoxy groups -OCH3 is 1. The SMILES string of the molecule is CCC1CC(Nc2cc(C(C)(C)C)ccc2OC)CCO1. The molecule has 0 aliphatic carbocycles. The van der Waals surface area contributed by atoms with Gasteiger partial charge in [0.15, 0.2) is 0 Å². The molecule has 1 fully saturated rings. The van der Waals surface area contributed by atoms with Crippen molar-refractivity contribution in [1.29, 1.82) is 0 Å². The normalized spacial score (nSPS) is 22.9. The van der Waals surface area contributed by atoms with Gasteiger partial charge in [0.25, 0.3) is 0 Å². The van der Waals surface area contributed by atoms with Crippen LogP contribution in [0.15, 0.2) is 18.2 Å². The summed E-state index contributed by atoms with van der Waals surface area (Å²) in [6.07, 6.45) is 3.59. The van der Waals surface area contributed by atoms with E-state index in [1.54, 1.807) is 7.11 Å². The Balaban J connectivity index is 2.17. The zero-order valence-electron chi connectivity index (χ0n) is 14.0. The molecule has 0 spiro atoms. The number of anilines is 1. The van der Waals surface area contributed by atoms with Gasteiger partial charge in [-0.3, -0.25) is 0 Å². The molecular formula is C18H29NO2. The maximum atomic E-state index is 5.76. The van der Waals surface area contributed by atoms with E-state index in [4.69, 9.17) is 9.47 Å². The van der Waals surface area contributed by atoms with E-state index in [0.29, 0.717) is 12.1 Å². The van der Waals surface area contributed by atoms with Crippen LogP contribution in [0.1, 0.15) is 52.5 Å². The van der Waals surface area contributed by atoms with E-state index >= 15 is 0 Å². The van der Waals surface area contributed by atoms with Crippen LogP contribution in [0.2, 0.25) is 0 Å². The molecule has 1 saturated heterocycles. The molecule has 2 rings (SSSR count). The second-order valence-electron chi connectivity index (χ2n) is 6.93. The Hall–Kier alpha value is -1.22. The molecule has 0 radical (unpaired) electrons. The summed E-state index contributed by atoms with van der Waals surface area (Å²) in [6.45, 7) is 9.74. The molecule has 1 N–H and O–H groups in total. The molecule has 0 bridgehead atoms. The molecule has 3 nitrogen and oxygen atoms in total. The van der Waals surface area contributed by atoms with Crippen LogP contribution >= 0.6 is 0 Å². The molecular weight excluding hydrogens is 262 g/mol. The highest BCUT2D eigenvalue weighted by molar-refractivity contribution is 5.59. The lowest BCUT2D eigenvalue weighted by molar-refractivity contribution is 0.00922. The highest BCUT2D eigenvalue weighted by atomic mass is 16.5. The quantitative estimate of drug-likeness (QED) is 0.894. The lowest BCUT2D eigenvalue weighted by Crippen LogP contribution is -2.33. The Morgan fingerprint density at radius 3 is 2.71 bits per heavy atom. The van der Waals surface area contributed by atoms with Crippen LogP contribution in [0.4, 0.5) is 5.69 Å². The van der Waals surface area contributed by atoms with Gasteiger partial charge in [-0.15, -0.1) is 0 Å². The molecule has 0 aromatic heterocycles. The first-order chi connectivity index (χ1) is 9.94. The van der Waals surface area contributed by atoms with Crippen molar-refractivity contribution >= 4 is 5.69 Å². The van der Waals surface area contributed by atoms with Crippen molar-refractivity contribution in [3.05, 3.63) is 23.8 Å². The lowest BCUT2D eigenvalue weighted by Gasteiger charge is -2.31. The van der Waals surface area contributed by atoms with Crippen molar-refractivity contribution in [3.8, 4) is 5.75 Å². The van der Waals surface area contributed by atoms with Crippen molar-refractivity contribution in [3.63, 3.8) is 0 Å². The Labute approximate surface area is 129 Å². The van der Waals surface area contributed by atoms with E-state index in [1.165, 1.54) is 5.56 Å². The first-order valence-electron chi connectivity index (χ1n) is 8.00. The predicted octanol–water partition coefficient (Wildman–Crippen LogP) is 4.36. The predicted molar refractivity (Wildman–Crippen MR) is 88.4 cm³/mol. The van der Waals surface area contributed by atoms with Gasteiger partial charge < -0.3 is 14.8 Å². The van der Waals surface area contributed by atoms with Crippen LogP contribution in [0.25, 0.3) is 0 Å². The van der Waals surface area contributed by atoms with Crippen LogP contribution in [-0.4, -0.2) is 25.9 Å². The number of nitrogens with one attached hydrogen (secondary N) is 1. The maximum Gasteiger partial charge on any atom is 0.141 e. The Morgan fingerprint density at radius 1 is 1.33 bits per heavy atom. The maximum absolute atomic E-state index is 5.76. The fraction of sp³-hybridized carbons (Fsp3) is 0.667. The molecule has 1 aromatic rings. The summed E-state index contributed by atoms with van der Waals surface area (Å²) < 4.78 is 11.3. The molecule has 21 heavy (non-hydrogen) atoms. The number of hydrogen-bond donors (Lipinski definition) is 1. The zero-order valence-corrected chi connectivity index (χ0v) is 14.0. The van der Waals surface area contributed by atoms with Gasteiger partial charge in [0.1, 0.15) is 5.75 Å². The first-order valence-corrected chi connectivity index (χ1v) is 8.00. The van der Waals surface area contributed by atoms with Gasteiger partial charge in [0.2, 0.25) is 0 Å². The number of benzene rings is 1. The molecule has 2 unspecified atom stereocenters. The summed E-state index contributed by atoms with van der Waals surface area (Å²) in [7, 11) is 1.73. The van der Waals surface area contributed by atoms with E-state index in [9.17, 15) is 0 Å². The second-order valence-corrected chi connectivity index (χ2v) is 6.93. The Morgan fingerprint density at radius 2 is 2.10 bits per heavy atom. The molecule has 1 heterocycles. The van der Waals surface area contributed by atoms with Crippen LogP contribution < -0.4 is 10.1 Å². The highest BCUT2D eigenvalue weighted by Gasteiger charge is 2.23.